The number of fused-ring (bicyclic) bond motifs is 9. The standard InChI is InChI=1S/C78H58BN3/c1-77-45-44-58-32-18-19-37-67(58)78(77,2)82(71-43-40-61(48-68(71)77)55-26-12-5-13-27-55)66-51-74-76-75(52-66)81(65-36-21-34-60(47-65)54-24-10-4-11-25-54)73-50-63(57-30-16-7-17-31-57)39-42-70(73)79(76)69-41-38-62(56-28-14-6-15-29-56)49-72(69)80(74)64-35-20-33-59(46-64)53-22-8-3-9-23-53/h3-43,46-52H,44-45H2,1-2H3. The molecule has 0 saturated heterocycles. The van der Waals surface area contributed by atoms with Crippen LogP contribution in [-0.4, -0.2) is 6.71 Å². The molecule has 4 aliphatic rings. The van der Waals surface area contributed by atoms with Gasteiger partial charge in [0, 0.05) is 50.9 Å². The third-order valence-electron chi connectivity index (χ3n) is 18.8. The van der Waals surface area contributed by atoms with Gasteiger partial charge in [-0.2, -0.15) is 0 Å². The van der Waals surface area contributed by atoms with Crippen LogP contribution in [0.3, 0.4) is 0 Å². The lowest BCUT2D eigenvalue weighted by Crippen LogP contribution is -2.61. The van der Waals surface area contributed by atoms with Crippen molar-refractivity contribution in [1.29, 1.82) is 0 Å². The van der Waals surface area contributed by atoms with E-state index in [-0.39, 0.29) is 12.1 Å². The second-order valence-corrected chi connectivity index (χ2v) is 23.1. The van der Waals surface area contributed by atoms with Gasteiger partial charge in [0.1, 0.15) is 0 Å². The third-order valence-corrected chi connectivity index (χ3v) is 18.8. The van der Waals surface area contributed by atoms with Gasteiger partial charge in [0.2, 0.25) is 0 Å². The minimum absolute atomic E-state index is 0.101. The summed E-state index contributed by atoms with van der Waals surface area (Å²) in [6.07, 6.45) is 2.03. The SMILES string of the molecule is CC12CCc3ccccc3C1(C)N(c1cc3c4c(c1)N(c1cccc(-c5ccccc5)c1)c1cc(-c5ccccc5)ccc1B4c1ccc(-c4ccccc4)cc1N3c1cccc(-c3ccccc3)c1)c1ccc(-c3ccccc3)cc12. The molecular weight excluding hydrogens is 990 g/mol. The number of rotatable bonds is 8. The Morgan fingerprint density at radius 1 is 0.305 bits per heavy atom. The van der Waals surface area contributed by atoms with E-state index in [1.165, 1.54) is 117 Å². The van der Waals surface area contributed by atoms with Gasteiger partial charge in [-0.25, -0.2) is 0 Å². The highest BCUT2D eigenvalue weighted by Crippen LogP contribution is 2.65. The summed E-state index contributed by atoms with van der Waals surface area (Å²) in [6, 6.07) is 109. The highest BCUT2D eigenvalue weighted by molar-refractivity contribution is 7.00. The van der Waals surface area contributed by atoms with E-state index < -0.39 is 5.54 Å². The summed E-state index contributed by atoms with van der Waals surface area (Å²) in [5.74, 6) is 0. The number of hydrogen-bond donors (Lipinski definition) is 0. The molecule has 388 valence electrons. The van der Waals surface area contributed by atoms with Crippen molar-refractivity contribution >= 4 is 68.6 Å². The summed E-state index contributed by atoms with van der Waals surface area (Å²) in [7, 11) is 0. The van der Waals surface area contributed by atoms with Gasteiger partial charge in [-0.05, 0) is 169 Å². The number of benzene rings is 12. The summed E-state index contributed by atoms with van der Waals surface area (Å²) in [4.78, 5) is 7.99. The first-order valence-electron chi connectivity index (χ1n) is 29.0. The van der Waals surface area contributed by atoms with Gasteiger partial charge in [-0.15, -0.1) is 0 Å². The van der Waals surface area contributed by atoms with Crippen LogP contribution in [0.4, 0.5) is 45.5 Å². The maximum Gasteiger partial charge on any atom is 0.252 e. The van der Waals surface area contributed by atoms with Crippen LogP contribution in [0, 0.1) is 0 Å². The van der Waals surface area contributed by atoms with Crippen molar-refractivity contribution in [2.75, 3.05) is 14.7 Å². The van der Waals surface area contributed by atoms with Crippen LogP contribution >= 0.6 is 0 Å². The fourth-order valence-corrected chi connectivity index (χ4v) is 14.7. The molecule has 0 spiro atoms. The Labute approximate surface area is 481 Å². The Hall–Kier alpha value is -9.90. The van der Waals surface area contributed by atoms with Gasteiger partial charge in [-0.1, -0.05) is 237 Å². The molecule has 0 aromatic heterocycles. The van der Waals surface area contributed by atoms with Gasteiger partial charge in [0.15, 0.2) is 0 Å². The lowest BCUT2D eigenvalue weighted by molar-refractivity contribution is 0.245. The maximum atomic E-state index is 2.77. The predicted octanol–water partition coefficient (Wildman–Crippen LogP) is 18.4. The van der Waals surface area contributed by atoms with Crippen LogP contribution < -0.4 is 31.1 Å². The van der Waals surface area contributed by atoms with Gasteiger partial charge < -0.3 is 14.7 Å². The van der Waals surface area contributed by atoms with Crippen molar-refractivity contribution in [2.24, 2.45) is 0 Å². The van der Waals surface area contributed by atoms with E-state index in [0.29, 0.717) is 0 Å². The van der Waals surface area contributed by atoms with Crippen molar-refractivity contribution in [1.82, 2.24) is 0 Å². The molecule has 12 aromatic rings. The highest BCUT2D eigenvalue weighted by atomic mass is 15.3. The van der Waals surface area contributed by atoms with Gasteiger partial charge in [0.05, 0.1) is 5.54 Å². The van der Waals surface area contributed by atoms with Gasteiger partial charge in [-0.3, -0.25) is 0 Å². The highest BCUT2D eigenvalue weighted by Gasteiger charge is 2.60. The molecule has 1 aliphatic carbocycles. The first-order chi connectivity index (χ1) is 40.4. The Bertz CT molecular complexity index is 4250. The van der Waals surface area contributed by atoms with Crippen LogP contribution in [0.15, 0.2) is 291 Å². The first kappa shape index (κ1) is 48.0. The molecule has 12 aromatic carbocycles. The van der Waals surface area contributed by atoms with Crippen molar-refractivity contribution in [3.8, 4) is 55.6 Å². The van der Waals surface area contributed by atoms with Gasteiger partial charge >= 0.3 is 0 Å². The second kappa shape index (κ2) is 18.9. The maximum absolute atomic E-state index is 2.77. The van der Waals surface area contributed by atoms with Crippen LogP contribution in [0.5, 0.6) is 0 Å². The zero-order chi connectivity index (χ0) is 54.5. The second-order valence-electron chi connectivity index (χ2n) is 23.1. The quantitative estimate of drug-likeness (QED) is 0.140. The van der Waals surface area contributed by atoms with E-state index in [9.17, 15) is 0 Å². The van der Waals surface area contributed by atoms with Crippen LogP contribution in [-0.2, 0) is 17.4 Å². The summed E-state index contributed by atoms with van der Waals surface area (Å²) in [5, 5.41) is 0. The minimum Gasteiger partial charge on any atom is -0.330 e. The van der Waals surface area contributed by atoms with Crippen LogP contribution in [0.25, 0.3) is 55.6 Å². The lowest BCUT2D eigenvalue weighted by Gasteiger charge is -2.52. The van der Waals surface area contributed by atoms with E-state index in [4.69, 9.17) is 0 Å². The molecule has 0 radical (unpaired) electrons. The molecule has 3 nitrogen and oxygen atoms in total. The summed E-state index contributed by atoms with van der Waals surface area (Å²) in [6.45, 7) is 5.00. The van der Waals surface area contributed by atoms with Crippen LogP contribution in [0.1, 0.15) is 37.0 Å². The molecule has 0 saturated carbocycles. The van der Waals surface area contributed by atoms with Crippen molar-refractivity contribution in [2.45, 2.75) is 37.6 Å². The summed E-state index contributed by atoms with van der Waals surface area (Å²) in [5.41, 5.74) is 28.6. The van der Waals surface area contributed by atoms with Crippen molar-refractivity contribution < 1.29 is 0 Å². The Morgan fingerprint density at radius 3 is 1.18 bits per heavy atom. The monoisotopic (exact) mass is 1050 g/mol. The van der Waals surface area contributed by atoms with Crippen LogP contribution in [0.2, 0.25) is 0 Å². The Morgan fingerprint density at radius 2 is 0.707 bits per heavy atom. The number of nitrogens with zero attached hydrogens (tertiary/aromatic N) is 3. The Kier molecular flexibility index (Phi) is 11.1. The van der Waals surface area contributed by atoms with E-state index in [1.54, 1.807) is 0 Å². The average Bonchev–Trinajstić information content (AvgIpc) is 1.76. The van der Waals surface area contributed by atoms with Crippen molar-refractivity contribution in [3.05, 3.63) is 308 Å². The Balaban J connectivity index is 1.03. The molecule has 82 heavy (non-hydrogen) atoms. The van der Waals surface area contributed by atoms with Gasteiger partial charge in [0.25, 0.3) is 6.71 Å². The molecule has 3 heterocycles. The minimum atomic E-state index is -0.476. The summed E-state index contributed by atoms with van der Waals surface area (Å²) >= 11 is 0. The van der Waals surface area contributed by atoms with E-state index in [0.717, 1.165) is 29.9 Å². The largest absolute Gasteiger partial charge is 0.330 e. The lowest BCUT2D eigenvalue weighted by atomic mass is 9.33. The number of hydrogen-bond acceptors (Lipinski definition) is 3. The molecule has 0 N–H and O–H groups in total. The smallest absolute Gasteiger partial charge is 0.252 e. The third kappa shape index (κ3) is 7.37. The predicted molar refractivity (Wildman–Crippen MR) is 346 cm³/mol. The molecule has 0 bridgehead atoms. The van der Waals surface area contributed by atoms with E-state index in [2.05, 4.69) is 320 Å². The average molecular weight is 1050 g/mol. The molecule has 0 fully saturated rings. The molecule has 2 unspecified atom stereocenters. The zero-order valence-corrected chi connectivity index (χ0v) is 46.0. The molecular formula is C78H58BN3. The summed E-state index contributed by atoms with van der Waals surface area (Å²) < 4.78 is 0. The number of anilines is 8. The number of aryl methyl sites for hydroxylation is 1. The van der Waals surface area contributed by atoms with E-state index in [1.807, 2.05) is 0 Å². The molecule has 4 heteroatoms. The normalized spacial score (nSPS) is 17.0. The fraction of sp³-hybridized carbons (Fsp3) is 0.0769. The molecule has 16 rings (SSSR count). The molecule has 0 amide bonds. The molecule has 3 aliphatic heterocycles. The first-order valence-corrected chi connectivity index (χ1v) is 29.0. The molecule has 2 atom stereocenters. The fourth-order valence-electron chi connectivity index (χ4n) is 14.7. The zero-order valence-electron chi connectivity index (χ0n) is 46.0. The topological polar surface area (TPSA) is 9.72 Å². The van der Waals surface area contributed by atoms with E-state index >= 15 is 0 Å². The van der Waals surface area contributed by atoms with Crippen molar-refractivity contribution in [3.63, 3.8) is 0 Å².